The molecule has 38 heavy (non-hydrogen) atoms. The average Bonchev–Trinajstić information content (AvgIpc) is 3.57. The van der Waals surface area contributed by atoms with E-state index in [1.807, 2.05) is 35.2 Å². The highest BCUT2D eigenvalue weighted by molar-refractivity contribution is 7.15. The zero-order valence-electron chi connectivity index (χ0n) is 21.4. The van der Waals surface area contributed by atoms with Gasteiger partial charge in [-0.2, -0.15) is 0 Å². The van der Waals surface area contributed by atoms with Gasteiger partial charge in [-0.3, -0.25) is 9.20 Å². The Hall–Kier alpha value is -4.22. The van der Waals surface area contributed by atoms with Crippen molar-refractivity contribution in [2.75, 3.05) is 6.54 Å². The van der Waals surface area contributed by atoms with Crippen molar-refractivity contribution in [1.29, 1.82) is 0 Å². The van der Waals surface area contributed by atoms with E-state index in [2.05, 4.69) is 89.6 Å². The highest BCUT2D eigenvalue weighted by Crippen LogP contribution is 2.27. The minimum Gasteiger partial charge on any atom is -0.334 e. The number of carbonyl (C=O) groups is 1. The van der Waals surface area contributed by atoms with Crippen molar-refractivity contribution < 1.29 is 4.79 Å². The van der Waals surface area contributed by atoms with Gasteiger partial charge in [0, 0.05) is 47.9 Å². The summed E-state index contributed by atoms with van der Waals surface area (Å²) in [4.78, 5) is 21.4. The Balaban J connectivity index is 1.25. The fraction of sp³-hybridized carbons (Fsp3) is 0.152. The van der Waals surface area contributed by atoms with Crippen molar-refractivity contribution in [2.24, 2.45) is 0 Å². The first-order valence-electron chi connectivity index (χ1n) is 13.0. The lowest BCUT2D eigenvalue weighted by atomic mass is 10.1. The molecule has 0 fully saturated rings. The molecule has 1 amide bonds. The third kappa shape index (κ3) is 4.98. The monoisotopic (exact) mass is 515 g/mol. The van der Waals surface area contributed by atoms with E-state index in [9.17, 15) is 4.79 Å². The third-order valence-electron chi connectivity index (χ3n) is 7.08. The minimum atomic E-state index is 0.0606. The topological polar surface area (TPSA) is 37.6 Å². The maximum atomic E-state index is 13.6. The molecule has 6 aromatic rings. The number of imidazole rings is 1. The van der Waals surface area contributed by atoms with Crippen LogP contribution in [0.5, 0.6) is 0 Å². The fourth-order valence-corrected chi connectivity index (χ4v) is 5.78. The van der Waals surface area contributed by atoms with Crippen LogP contribution in [0, 0.1) is 0 Å². The van der Waals surface area contributed by atoms with Gasteiger partial charge in [0.15, 0.2) is 4.96 Å². The Morgan fingerprint density at radius 3 is 2.42 bits per heavy atom. The maximum absolute atomic E-state index is 13.6. The van der Waals surface area contributed by atoms with E-state index in [4.69, 9.17) is 4.98 Å². The quantitative estimate of drug-likeness (QED) is 0.209. The number of aryl methyl sites for hydroxylation is 1. The summed E-state index contributed by atoms with van der Waals surface area (Å²) in [6, 6.07) is 33.1. The predicted octanol–water partition coefficient (Wildman–Crippen LogP) is 7.66. The average molecular weight is 516 g/mol. The van der Waals surface area contributed by atoms with Gasteiger partial charge in [0.25, 0.3) is 5.91 Å². The van der Waals surface area contributed by atoms with Crippen LogP contribution in [0.3, 0.4) is 0 Å². The maximum Gasteiger partial charge on any atom is 0.254 e. The normalized spacial score (nSPS) is 11.3. The van der Waals surface area contributed by atoms with Crippen molar-refractivity contribution >= 4 is 33.0 Å². The summed E-state index contributed by atoms with van der Waals surface area (Å²) in [5.74, 6) is 0.0606. The standard InChI is InChI=1S/C33H29N3OS/c1-2-24-12-14-27(15-13-24)32(37)35(21-25-8-4-3-5-9-25)19-18-30-23-38-33-34-31(22-36(30)33)29-17-16-26-10-6-7-11-28(26)20-29/h3-17,20,22-23H,2,18-19,21H2,1H3. The van der Waals surface area contributed by atoms with Gasteiger partial charge in [0.05, 0.1) is 5.69 Å². The van der Waals surface area contributed by atoms with Crippen LogP contribution >= 0.6 is 11.3 Å². The minimum absolute atomic E-state index is 0.0606. The highest BCUT2D eigenvalue weighted by atomic mass is 32.1. The molecular formula is C33H29N3OS. The first kappa shape index (κ1) is 24.1. The second-order valence-corrected chi connectivity index (χ2v) is 10.4. The highest BCUT2D eigenvalue weighted by Gasteiger charge is 2.18. The molecule has 0 saturated carbocycles. The largest absolute Gasteiger partial charge is 0.334 e. The molecule has 2 aromatic heterocycles. The summed E-state index contributed by atoms with van der Waals surface area (Å²) < 4.78 is 2.18. The lowest BCUT2D eigenvalue weighted by Crippen LogP contribution is -2.32. The number of carbonyl (C=O) groups excluding carboxylic acids is 1. The zero-order valence-corrected chi connectivity index (χ0v) is 22.2. The van der Waals surface area contributed by atoms with Gasteiger partial charge in [-0.25, -0.2) is 4.98 Å². The molecule has 0 aliphatic heterocycles. The zero-order chi connectivity index (χ0) is 25.9. The van der Waals surface area contributed by atoms with Gasteiger partial charge < -0.3 is 4.90 Å². The summed E-state index contributed by atoms with van der Waals surface area (Å²) in [5, 5.41) is 4.60. The Labute approximate surface area is 226 Å². The molecule has 188 valence electrons. The van der Waals surface area contributed by atoms with Crippen LogP contribution in [0.1, 0.15) is 34.1 Å². The van der Waals surface area contributed by atoms with E-state index < -0.39 is 0 Å². The molecule has 4 nitrogen and oxygen atoms in total. The van der Waals surface area contributed by atoms with E-state index in [-0.39, 0.29) is 5.91 Å². The van der Waals surface area contributed by atoms with E-state index in [0.717, 1.165) is 45.9 Å². The SMILES string of the molecule is CCc1ccc(C(=O)N(CCc2csc3nc(-c4ccc5ccccc5c4)cn23)Cc2ccccc2)cc1. The smallest absolute Gasteiger partial charge is 0.254 e. The fourth-order valence-electron chi connectivity index (χ4n) is 4.87. The van der Waals surface area contributed by atoms with Crippen molar-refractivity contribution in [3.8, 4) is 11.3 Å². The lowest BCUT2D eigenvalue weighted by molar-refractivity contribution is 0.0744. The molecule has 2 heterocycles. The van der Waals surface area contributed by atoms with Gasteiger partial charge in [-0.1, -0.05) is 85.8 Å². The number of benzene rings is 4. The van der Waals surface area contributed by atoms with Gasteiger partial charge in [0.1, 0.15) is 0 Å². The van der Waals surface area contributed by atoms with Crippen LogP contribution in [-0.2, 0) is 19.4 Å². The van der Waals surface area contributed by atoms with Crippen molar-refractivity contribution in [3.05, 3.63) is 131 Å². The summed E-state index contributed by atoms with van der Waals surface area (Å²) in [7, 11) is 0. The van der Waals surface area contributed by atoms with E-state index in [1.54, 1.807) is 11.3 Å². The number of hydrogen-bond donors (Lipinski definition) is 0. The second kappa shape index (κ2) is 10.6. The lowest BCUT2D eigenvalue weighted by Gasteiger charge is -2.23. The number of aromatic nitrogens is 2. The first-order valence-corrected chi connectivity index (χ1v) is 13.9. The Morgan fingerprint density at radius 2 is 1.63 bits per heavy atom. The molecule has 0 bridgehead atoms. The van der Waals surface area contributed by atoms with Gasteiger partial charge in [-0.15, -0.1) is 11.3 Å². The second-order valence-electron chi connectivity index (χ2n) is 9.58. The molecule has 0 unspecified atom stereocenters. The Kier molecular flexibility index (Phi) is 6.76. The molecule has 5 heteroatoms. The third-order valence-corrected chi connectivity index (χ3v) is 7.97. The summed E-state index contributed by atoms with van der Waals surface area (Å²) in [5.41, 5.74) is 6.34. The van der Waals surface area contributed by atoms with Crippen LogP contribution in [0.15, 0.2) is 109 Å². The summed E-state index contributed by atoms with van der Waals surface area (Å²) in [6.07, 6.45) is 3.83. The molecular weight excluding hydrogens is 486 g/mol. The van der Waals surface area contributed by atoms with Crippen LogP contribution < -0.4 is 0 Å². The number of thiazole rings is 1. The molecule has 0 aliphatic carbocycles. The van der Waals surface area contributed by atoms with Gasteiger partial charge in [-0.05, 0) is 46.5 Å². The molecule has 0 aliphatic rings. The van der Waals surface area contributed by atoms with Crippen LogP contribution in [0.25, 0.3) is 27.0 Å². The molecule has 6 rings (SSSR count). The first-order chi connectivity index (χ1) is 18.7. The Bertz CT molecular complexity index is 1700. The number of nitrogens with zero attached hydrogens (tertiary/aromatic N) is 3. The van der Waals surface area contributed by atoms with E-state index in [0.29, 0.717) is 13.1 Å². The van der Waals surface area contributed by atoms with Crippen molar-refractivity contribution in [3.63, 3.8) is 0 Å². The summed E-state index contributed by atoms with van der Waals surface area (Å²) in [6.45, 7) is 3.33. The van der Waals surface area contributed by atoms with Crippen molar-refractivity contribution in [1.82, 2.24) is 14.3 Å². The molecule has 0 atom stereocenters. The van der Waals surface area contributed by atoms with Crippen LogP contribution in [0.2, 0.25) is 0 Å². The van der Waals surface area contributed by atoms with Gasteiger partial charge in [0.2, 0.25) is 0 Å². The number of amides is 1. The molecule has 0 radical (unpaired) electrons. The van der Waals surface area contributed by atoms with Crippen LogP contribution in [0.4, 0.5) is 0 Å². The van der Waals surface area contributed by atoms with Crippen molar-refractivity contribution in [2.45, 2.75) is 26.3 Å². The summed E-state index contributed by atoms with van der Waals surface area (Å²) >= 11 is 1.65. The molecule has 0 N–H and O–H groups in total. The van der Waals surface area contributed by atoms with E-state index >= 15 is 0 Å². The number of rotatable bonds is 8. The number of hydrogen-bond acceptors (Lipinski definition) is 3. The Morgan fingerprint density at radius 1 is 0.868 bits per heavy atom. The van der Waals surface area contributed by atoms with Gasteiger partial charge >= 0.3 is 0 Å². The predicted molar refractivity (Wildman–Crippen MR) is 157 cm³/mol. The molecule has 4 aromatic carbocycles. The van der Waals surface area contributed by atoms with E-state index in [1.165, 1.54) is 16.3 Å². The molecule has 0 spiro atoms. The molecule has 0 saturated heterocycles. The number of fused-ring (bicyclic) bond motifs is 2. The van der Waals surface area contributed by atoms with Crippen LogP contribution in [-0.4, -0.2) is 26.7 Å².